The van der Waals surface area contributed by atoms with Crippen LogP contribution in [0, 0.1) is 5.92 Å². The van der Waals surface area contributed by atoms with Crippen molar-refractivity contribution in [1.29, 1.82) is 0 Å². The molecule has 0 aromatic carbocycles. The molecule has 0 spiro atoms. The molecular weight excluding hydrogens is 803 g/mol. The lowest BCUT2D eigenvalue weighted by molar-refractivity contribution is -0.148. The Bertz CT molecular complexity index is 986. The molecule has 0 heterocycles. The Morgan fingerprint density at radius 2 is 0.631 bits per heavy atom. The van der Waals surface area contributed by atoms with E-state index in [1.165, 1.54) is 263 Å². The summed E-state index contributed by atoms with van der Waals surface area (Å²) in [7, 11) is 0. The van der Waals surface area contributed by atoms with Crippen LogP contribution in [0.5, 0.6) is 0 Å². The molecular formula is C59H115NO5. The van der Waals surface area contributed by atoms with Crippen molar-refractivity contribution in [3.63, 3.8) is 0 Å². The highest BCUT2D eigenvalue weighted by Gasteiger charge is 2.23. The Morgan fingerprint density at radius 3 is 0.938 bits per heavy atom. The fourth-order valence-corrected chi connectivity index (χ4v) is 9.76. The molecule has 0 bridgehead atoms. The quantitative estimate of drug-likeness (QED) is 0.0468. The van der Waals surface area contributed by atoms with Crippen molar-refractivity contribution < 1.29 is 24.2 Å². The van der Waals surface area contributed by atoms with Gasteiger partial charge in [0.05, 0.1) is 6.61 Å². The summed E-state index contributed by atoms with van der Waals surface area (Å²) in [6, 6.07) is -0.881. The van der Waals surface area contributed by atoms with Crippen molar-refractivity contribution in [1.82, 2.24) is 5.32 Å². The molecule has 65 heavy (non-hydrogen) atoms. The number of esters is 1. The first kappa shape index (κ1) is 63.4. The SMILES string of the molecule is CCCCCCCCCCCC(=O)N[C@@H](CCC(=O)O)C(=O)OCCCCCCCCCCCCCCCCCCCCCCC(CCCCCCCC)CCCCCCCCCCC. The molecule has 2 atom stereocenters. The zero-order valence-electron chi connectivity index (χ0n) is 44.3. The standard InChI is InChI=1S/C59H115NO5/c1-4-7-10-13-16-30-34-39-44-49-55(48-43-38-15-12-9-6-3)50-45-40-35-32-28-26-24-22-20-18-19-21-23-25-27-29-33-37-42-47-54-65-59(64)56(52-53-58(62)63)60-57(61)51-46-41-36-31-17-14-11-8-5-2/h55-56H,4-54H2,1-3H3,(H,60,61)(H,62,63)/t55?,56-/m0/s1. The number of nitrogens with one attached hydrogen (secondary N) is 1. The maximum Gasteiger partial charge on any atom is 0.328 e. The Labute approximate surface area is 406 Å². The fourth-order valence-electron chi connectivity index (χ4n) is 9.76. The number of aliphatic carboxylic acids is 1. The second-order valence-corrected chi connectivity index (χ2v) is 20.7. The zero-order chi connectivity index (χ0) is 47.4. The Hall–Kier alpha value is -1.59. The molecule has 6 heteroatoms. The van der Waals surface area contributed by atoms with E-state index in [1.807, 2.05) is 0 Å². The third kappa shape index (κ3) is 50.1. The van der Waals surface area contributed by atoms with E-state index in [0.29, 0.717) is 13.0 Å². The number of carbonyl (C=O) groups excluding carboxylic acids is 2. The van der Waals surface area contributed by atoms with Crippen LogP contribution in [0.3, 0.4) is 0 Å². The molecule has 0 aromatic heterocycles. The van der Waals surface area contributed by atoms with Crippen molar-refractivity contribution in [2.75, 3.05) is 6.61 Å². The predicted octanol–water partition coefficient (Wildman–Crippen LogP) is 19.3. The van der Waals surface area contributed by atoms with Crippen molar-refractivity contribution in [2.24, 2.45) is 5.92 Å². The molecule has 0 aliphatic heterocycles. The van der Waals surface area contributed by atoms with Crippen molar-refractivity contribution in [3.8, 4) is 0 Å². The maximum atomic E-state index is 12.7. The van der Waals surface area contributed by atoms with Gasteiger partial charge in [0.25, 0.3) is 0 Å². The van der Waals surface area contributed by atoms with Crippen LogP contribution >= 0.6 is 0 Å². The Balaban J connectivity index is 3.77. The van der Waals surface area contributed by atoms with E-state index in [9.17, 15) is 14.4 Å². The molecule has 0 saturated carbocycles. The number of hydrogen-bond donors (Lipinski definition) is 2. The summed E-state index contributed by atoms with van der Waals surface area (Å²) >= 11 is 0. The van der Waals surface area contributed by atoms with Gasteiger partial charge >= 0.3 is 11.9 Å². The highest BCUT2D eigenvalue weighted by Crippen LogP contribution is 2.25. The van der Waals surface area contributed by atoms with Gasteiger partial charge in [-0.05, 0) is 25.2 Å². The smallest absolute Gasteiger partial charge is 0.328 e. The van der Waals surface area contributed by atoms with Crippen LogP contribution in [0.25, 0.3) is 0 Å². The van der Waals surface area contributed by atoms with E-state index in [2.05, 4.69) is 26.1 Å². The van der Waals surface area contributed by atoms with E-state index in [-0.39, 0.29) is 18.7 Å². The molecule has 386 valence electrons. The van der Waals surface area contributed by atoms with Gasteiger partial charge in [0.1, 0.15) is 6.04 Å². The molecule has 0 aromatic rings. The number of rotatable bonds is 55. The number of hydrogen-bond acceptors (Lipinski definition) is 4. The van der Waals surface area contributed by atoms with E-state index in [1.54, 1.807) is 0 Å². The number of carboxylic acids is 1. The Kier molecular flexibility index (Phi) is 52.1. The summed E-state index contributed by atoms with van der Waals surface area (Å²) in [5, 5.41) is 11.9. The highest BCUT2D eigenvalue weighted by atomic mass is 16.5. The van der Waals surface area contributed by atoms with Crippen LogP contribution in [-0.4, -0.2) is 35.6 Å². The first-order chi connectivity index (χ1) is 31.9. The van der Waals surface area contributed by atoms with Gasteiger partial charge in [0.2, 0.25) is 5.91 Å². The van der Waals surface area contributed by atoms with Gasteiger partial charge in [0.15, 0.2) is 0 Å². The molecule has 0 saturated heterocycles. The Morgan fingerprint density at radius 1 is 0.354 bits per heavy atom. The molecule has 1 amide bonds. The van der Waals surface area contributed by atoms with Crippen LogP contribution in [0.2, 0.25) is 0 Å². The van der Waals surface area contributed by atoms with Gasteiger partial charge in [-0.2, -0.15) is 0 Å². The minimum Gasteiger partial charge on any atom is -0.481 e. The average Bonchev–Trinajstić information content (AvgIpc) is 3.30. The van der Waals surface area contributed by atoms with Crippen molar-refractivity contribution in [2.45, 2.75) is 348 Å². The number of unbranched alkanes of at least 4 members (excludes halogenated alkanes) is 40. The van der Waals surface area contributed by atoms with Crippen molar-refractivity contribution >= 4 is 17.8 Å². The molecule has 0 radical (unpaired) electrons. The fraction of sp³-hybridized carbons (Fsp3) is 0.949. The molecule has 6 nitrogen and oxygen atoms in total. The third-order valence-electron chi connectivity index (χ3n) is 14.2. The van der Waals surface area contributed by atoms with E-state index in [4.69, 9.17) is 9.84 Å². The number of amides is 1. The van der Waals surface area contributed by atoms with Crippen LogP contribution in [0.4, 0.5) is 0 Å². The first-order valence-electron chi connectivity index (χ1n) is 29.6. The first-order valence-corrected chi connectivity index (χ1v) is 29.6. The molecule has 0 aliphatic carbocycles. The summed E-state index contributed by atoms with van der Waals surface area (Å²) in [4.78, 5) is 36.4. The molecule has 0 aliphatic rings. The summed E-state index contributed by atoms with van der Waals surface area (Å²) in [5.74, 6) is -0.659. The van der Waals surface area contributed by atoms with Gasteiger partial charge in [-0.25, -0.2) is 4.79 Å². The van der Waals surface area contributed by atoms with Crippen molar-refractivity contribution in [3.05, 3.63) is 0 Å². The summed E-state index contributed by atoms with van der Waals surface area (Å²) in [6.45, 7) is 7.20. The molecule has 2 N–H and O–H groups in total. The maximum absolute atomic E-state index is 12.7. The summed E-state index contributed by atoms with van der Waals surface area (Å²) in [6.07, 6.45) is 63.8. The van der Waals surface area contributed by atoms with Crippen LogP contribution < -0.4 is 5.32 Å². The lowest BCUT2D eigenvalue weighted by Crippen LogP contribution is -2.42. The largest absolute Gasteiger partial charge is 0.481 e. The number of carbonyl (C=O) groups is 3. The summed E-state index contributed by atoms with van der Waals surface area (Å²) in [5.41, 5.74) is 0. The molecule has 1 unspecified atom stereocenters. The monoisotopic (exact) mass is 918 g/mol. The topological polar surface area (TPSA) is 92.7 Å². The predicted molar refractivity (Wildman–Crippen MR) is 282 cm³/mol. The van der Waals surface area contributed by atoms with Gasteiger partial charge in [0, 0.05) is 12.8 Å². The average molecular weight is 919 g/mol. The molecule has 0 fully saturated rings. The van der Waals surface area contributed by atoms with Crippen LogP contribution in [0.15, 0.2) is 0 Å². The van der Waals surface area contributed by atoms with Gasteiger partial charge in [-0.1, -0.05) is 310 Å². The van der Waals surface area contributed by atoms with E-state index < -0.39 is 18.0 Å². The van der Waals surface area contributed by atoms with E-state index in [0.717, 1.165) is 44.4 Å². The third-order valence-corrected chi connectivity index (χ3v) is 14.2. The van der Waals surface area contributed by atoms with Gasteiger partial charge < -0.3 is 15.2 Å². The second-order valence-electron chi connectivity index (χ2n) is 20.7. The number of ether oxygens (including phenoxy) is 1. The second kappa shape index (κ2) is 53.4. The normalized spacial score (nSPS) is 12.4. The minimum absolute atomic E-state index is 0.0666. The van der Waals surface area contributed by atoms with E-state index >= 15 is 0 Å². The zero-order valence-corrected chi connectivity index (χ0v) is 44.3. The van der Waals surface area contributed by atoms with Gasteiger partial charge in [-0.15, -0.1) is 0 Å². The minimum atomic E-state index is -0.974. The lowest BCUT2D eigenvalue weighted by atomic mass is 9.89. The summed E-state index contributed by atoms with van der Waals surface area (Å²) < 4.78 is 5.47. The lowest BCUT2D eigenvalue weighted by Gasteiger charge is -2.17. The highest BCUT2D eigenvalue weighted by molar-refractivity contribution is 5.84. The van der Waals surface area contributed by atoms with Crippen LogP contribution in [0.1, 0.15) is 342 Å². The van der Waals surface area contributed by atoms with Gasteiger partial charge in [-0.3, -0.25) is 9.59 Å². The molecule has 0 rings (SSSR count). The van der Waals surface area contributed by atoms with Crippen LogP contribution in [-0.2, 0) is 19.1 Å². The number of carboxylic acid groups (broad SMARTS) is 1.